The fourth-order valence-electron chi connectivity index (χ4n) is 4.82. The summed E-state index contributed by atoms with van der Waals surface area (Å²) in [5, 5.41) is 20.0. The summed E-state index contributed by atoms with van der Waals surface area (Å²) in [5.41, 5.74) is 4.50. The van der Waals surface area contributed by atoms with Gasteiger partial charge in [0.2, 0.25) is 10.8 Å². The Morgan fingerprint density at radius 1 is 0.674 bits per heavy atom. The number of hydrogen-bond acceptors (Lipinski definition) is 6. The molecule has 220 valence electrons. The molecule has 0 aliphatic heterocycles. The third-order valence-electron chi connectivity index (χ3n) is 7.32. The van der Waals surface area contributed by atoms with Crippen molar-refractivity contribution in [1.29, 1.82) is 10.8 Å². The number of anilines is 2. The zero-order valence-electron chi connectivity index (χ0n) is 24.0. The fourth-order valence-corrected chi connectivity index (χ4v) is 6.85. The van der Waals surface area contributed by atoms with Gasteiger partial charge in [0.05, 0.1) is 11.3 Å². The van der Waals surface area contributed by atoms with Crippen molar-refractivity contribution in [1.82, 2.24) is 0 Å². The second kappa shape index (κ2) is 14.3. The molecule has 4 aromatic carbocycles. The highest BCUT2D eigenvalue weighted by molar-refractivity contribution is 7.90. The van der Waals surface area contributed by atoms with Crippen molar-refractivity contribution in [2.45, 2.75) is 29.9 Å². The molecule has 4 aromatic rings. The van der Waals surface area contributed by atoms with Gasteiger partial charge >= 0.3 is 11.4 Å². The molecule has 0 atom stereocenters. The van der Waals surface area contributed by atoms with Crippen molar-refractivity contribution >= 4 is 55.8 Å². The predicted molar refractivity (Wildman–Crippen MR) is 175 cm³/mol. The summed E-state index contributed by atoms with van der Waals surface area (Å²) in [6.07, 6.45) is 2.28. The van der Waals surface area contributed by atoms with Gasteiger partial charge in [0.15, 0.2) is 24.7 Å². The highest BCUT2D eigenvalue weighted by Gasteiger charge is 2.28. The largest absolute Gasteiger partial charge is 0.403 e. The minimum Gasteiger partial charge on any atom is -0.375 e. The first-order valence-corrected chi connectivity index (χ1v) is 16.1. The number of hydrogen-bond donors (Lipinski definition) is 0. The van der Waals surface area contributed by atoms with E-state index in [1.165, 1.54) is 6.07 Å². The van der Waals surface area contributed by atoms with Crippen LogP contribution in [0, 0.1) is 10.8 Å². The monoisotopic (exact) mass is 634 g/mol. The van der Waals surface area contributed by atoms with Crippen LogP contribution in [0.5, 0.6) is 0 Å². The first-order chi connectivity index (χ1) is 20.6. The summed E-state index contributed by atoms with van der Waals surface area (Å²) in [4.78, 5) is 10.7. The molecular formula is C32H32Cl2N6O2S+2. The number of nitrogens with zero attached hydrogens (tertiary/aromatic N) is 6. The summed E-state index contributed by atoms with van der Waals surface area (Å²) < 4.78 is 26.6. The molecule has 11 heteroatoms. The molecule has 0 aliphatic rings. The summed E-state index contributed by atoms with van der Waals surface area (Å²) >= 11 is 12.5. The van der Waals surface area contributed by atoms with Crippen molar-refractivity contribution in [3.05, 3.63) is 122 Å². The SMILES string of the molecule is CN(CCCCN(C)c1ccc([N+]#N)c(S(=O)(=O)Cc2ccccc2Cl)c1)c1ccc([N+]#N)c(Cc2ccccc2Cl)c1. The van der Waals surface area contributed by atoms with Crippen molar-refractivity contribution in [2.24, 2.45) is 0 Å². The summed E-state index contributed by atoms with van der Waals surface area (Å²) in [7, 11) is 0.0814. The minimum absolute atomic E-state index is 0.0141. The van der Waals surface area contributed by atoms with E-state index in [0.29, 0.717) is 39.9 Å². The molecule has 0 unspecified atom stereocenters. The molecule has 0 aromatic heterocycles. The Hall–Kier alpha value is -4.15. The lowest BCUT2D eigenvalue weighted by atomic mass is 10.0. The lowest BCUT2D eigenvalue weighted by molar-refractivity contribution is 0.595. The first-order valence-electron chi connectivity index (χ1n) is 13.7. The topological polar surface area (TPSA) is 96.9 Å². The average molecular weight is 636 g/mol. The van der Waals surface area contributed by atoms with E-state index in [1.54, 1.807) is 42.5 Å². The Bertz CT molecular complexity index is 1800. The quantitative estimate of drug-likeness (QED) is 0.114. The minimum atomic E-state index is -3.83. The lowest BCUT2D eigenvalue weighted by Gasteiger charge is -2.22. The van der Waals surface area contributed by atoms with Gasteiger partial charge in [-0.05, 0) is 60.4 Å². The van der Waals surface area contributed by atoms with Crippen LogP contribution in [0.3, 0.4) is 0 Å². The molecule has 0 saturated heterocycles. The summed E-state index contributed by atoms with van der Waals surface area (Å²) in [5.74, 6) is -0.303. The van der Waals surface area contributed by atoms with Gasteiger partial charge in [-0.2, -0.15) is 0 Å². The maximum absolute atomic E-state index is 13.3. The van der Waals surface area contributed by atoms with Crippen LogP contribution in [0.2, 0.25) is 10.0 Å². The van der Waals surface area contributed by atoms with Gasteiger partial charge < -0.3 is 9.80 Å². The third-order valence-corrected chi connectivity index (χ3v) is 9.74. The van der Waals surface area contributed by atoms with Crippen LogP contribution in [0.15, 0.2) is 89.8 Å². The lowest BCUT2D eigenvalue weighted by Crippen LogP contribution is -2.22. The Morgan fingerprint density at radius 2 is 1.19 bits per heavy atom. The summed E-state index contributed by atoms with van der Waals surface area (Å²) in [6, 6.07) is 24.9. The Morgan fingerprint density at radius 3 is 1.74 bits per heavy atom. The van der Waals surface area contributed by atoms with Crippen LogP contribution in [0.1, 0.15) is 29.5 Å². The Balaban J connectivity index is 1.38. The van der Waals surface area contributed by atoms with E-state index in [9.17, 15) is 19.2 Å². The van der Waals surface area contributed by atoms with Gasteiger partial charge in [-0.1, -0.05) is 59.6 Å². The highest BCUT2D eigenvalue weighted by atomic mass is 35.5. The van der Waals surface area contributed by atoms with Gasteiger partial charge in [0.1, 0.15) is 0 Å². The van der Waals surface area contributed by atoms with Crippen LogP contribution >= 0.6 is 23.2 Å². The predicted octanol–water partition coefficient (Wildman–Crippen LogP) is 8.88. The van der Waals surface area contributed by atoms with Crippen molar-refractivity contribution in [3.63, 3.8) is 0 Å². The zero-order valence-corrected chi connectivity index (χ0v) is 26.3. The van der Waals surface area contributed by atoms with Gasteiger partial charge in [-0.25, -0.2) is 8.42 Å². The van der Waals surface area contributed by atoms with Gasteiger partial charge in [0.25, 0.3) is 0 Å². The van der Waals surface area contributed by atoms with Crippen LogP contribution in [0.25, 0.3) is 9.95 Å². The molecule has 4 rings (SSSR count). The molecule has 0 fully saturated rings. The number of unbranched alkanes of at least 4 members (excludes halogenated alkanes) is 1. The number of rotatable bonds is 12. The third kappa shape index (κ3) is 8.03. The summed E-state index contributed by atoms with van der Waals surface area (Å²) in [6.45, 7) is 1.47. The number of benzene rings is 4. The molecule has 0 saturated carbocycles. The van der Waals surface area contributed by atoms with Crippen molar-refractivity contribution in [3.8, 4) is 0 Å². The van der Waals surface area contributed by atoms with E-state index in [1.807, 2.05) is 55.4 Å². The van der Waals surface area contributed by atoms with E-state index in [2.05, 4.69) is 14.9 Å². The van der Waals surface area contributed by atoms with E-state index < -0.39 is 9.84 Å². The van der Waals surface area contributed by atoms with E-state index in [0.717, 1.165) is 36.2 Å². The van der Waals surface area contributed by atoms with Gasteiger partial charge in [0, 0.05) is 67.2 Å². The van der Waals surface area contributed by atoms with Crippen LogP contribution in [-0.2, 0) is 22.0 Å². The fraction of sp³-hybridized carbons (Fsp3) is 0.250. The van der Waals surface area contributed by atoms with Crippen molar-refractivity contribution in [2.75, 3.05) is 37.0 Å². The number of diazo groups is 2. The molecule has 0 bridgehead atoms. The smallest absolute Gasteiger partial charge is 0.375 e. The van der Waals surface area contributed by atoms with Crippen LogP contribution < -0.4 is 9.80 Å². The number of halogens is 2. The maximum Gasteiger partial charge on any atom is 0.403 e. The van der Waals surface area contributed by atoms with E-state index >= 15 is 0 Å². The van der Waals surface area contributed by atoms with E-state index in [-0.39, 0.29) is 16.3 Å². The molecule has 0 spiro atoms. The standard InChI is InChI=1S/C32H32Cl2N6O2S/c1-39(26-13-15-30(37-35)25(20-26)19-23-9-3-5-11-28(23)33)17-7-8-18-40(2)27-14-16-31(38-36)32(21-27)43(41,42)22-24-10-4-6-12-29(24)34/h3-6,9-16,20-21H,7-8,17-19,22H2,1-2H3/q+2. The normalized spacial score (nSPS) is 11.0. The highest BCUT2D eigenvalue weighted by Crippen LogP contribution is 2.33. The molecule has 8 nitrogen and oxygen atoms in total. The second-order valence-electron chi connectivity index (χ2n) is 10.3. The molecule has 43 heavy (non-hydrogen) atoms. The van der Waals surface area contributed by atoms with Gasteiger partial charge in [-0.3, -0.25) is 0 Å². The molecule has 0 N–H and O–H groups in total. The molecule has 0 radical (unpaired) electrons. The zero-order chi connectivity index (χ0) is 31.0. The maximum atomic E-state index is 13.3. The van der Waals surface area contributed by atoms with Crippen LogP contribution in [-0.4, -0.2) is 35.6 Å². The van der Waals surface area contributed by atoms with Crippen molar-refractivity contribution < 1.29 is 8.42 Å². The molecule has 0 aliphatic carbocycles. The first kappa shape index (κ1) is 31.8. The molecular weight excluding hydrogens is 603 g/mol. The second-order valence-corrected chi connectivity index (χ2v) is 13.1. The van der Waals surface area contributed by atoms with Crippen LogP contribution in [0.4, 0.5) is 22.7 Å². The average Bonchev–Trinajstić information content (AvgIpc) is 3.01. The molecule has 0 amide bonds. The number of sulfone groups is 1. The molecule has 0 heterocycles. The Labute approximate surface area is 262 Å². The Kier molecular flexibility index (Phi) is 10.6. The van der Waals surface area contributed by atoms with E-state index in [4.69, 9.17) is 23.2 Å². The van der Waals surface area contributed by atoms with Gasteiger partial charge in [-0.15, -0.1) is 0 Å².